The van der Waals surface area contributed by atoms with E-state index in [0.717, 1.165) is 0 Å². The van der Waals surface area contributed by atoms with E-state index in [1.807, 2.05) is 0 Å². The molecule has 0 aliphatic carbocycles. The van der Waals surface area contributed by atoms with E-state index in [4.69, 9.17) is 0 Å². The van der Waals surface area contributed by atoms with Gasteiger partial charge >= 0.3 is 0 Å². The number of halogens is 1. The molecule has 0 spiro atoms. The smallest absolute Gasteiger partial charge is 0.150 e. The van der Waals surface area contributed by atoms with Crippen LogP contribution < -0.4 is 5.32 Å². The highest BCUT2D eigenvalue weighted by molar-refractivity contribution is 4.39. The Morgan fingerprint density at radius 2 is 2.33 bits per heavy atom. The summed E-state index contributed by atoms with van der Waals surface area (Å²) in [5, 5.41) is 2.45. The quantitative estimate of drug-likeness (QED) is 0.498. The number of nitrogens with one attached hydrogen (secondary N) is 1. The maximum Gasteiger partial charge on any atom is 0.150 e. The van der Waals surface area contributed by atoms with Crippen molar-refractivity contribution in [3.05, 3.63) is 0 Å². The lowest BCUT2D eigenvalue weighted by Gasteiger charge is -1.97. The van der Waals surface area contributed by atoms with Crippen LogP contribution >= 0.6 is 0 Å². The van der Waals surface area contributed by atoms with E-state index in [0.29, 0.717) is 6.42 Å². The van der Waals surface area contributed by atoms with Crippen LogP contribution in [0.25, 0.3) is 0 Å². The summed E-state index contributed by atoms with van der Waals surface area (Å²) < 4.78 is 11.8. The Bertz CT molecular complexity index is 26.7. The van der Waals surface area contributed by atoms with Crippen LogP contribution in [0.3, 0.4) is 0 Å². The Labute approximate surface area is 37.5 Å². The second-order valence-electron chi connectivity index (χ2n) is 1.16. The van der Waals surface area contributed by atoms with Crippen LogP contribution in [0.1, 0.15) is 13.3 Å². The summed E-state index contributed by atoms with van der Waals surface area (Å²) in [5.74, 6) is 0. The molecule has 0 bridgehead atoms. The van der Waals surface area contributed by atoms with E-state index in [1.165, 1.54) is 0 Å². The fraction of sp³-hybridized carbons (Fsp3) is 1.00. The topological polar surface area (TPSA) is 12.0 Å². The van der Waals surface area contributed by atoms with Gasteiger partial charge in [0.05, 0.1) is 0 Å². The van der Waals surface area contributed by atoms with Crippen molar-refractivity contribution in [2.75, 3.05) is 7.05 Å². The van der Waals surface area contributed by atoms with Gasteiger partial charge in [-0.1, -0.05) is 6.92 Å². The van der Waals surface area contributed by atoms with E-state index < -0.39 is 6.30 Å². The molecule has 6 heavy (non-hydrogen) atoms. The zero-order valence-electron chi connectivity index (χ0n) is 4.16. The molecule has 0 aromatic carbocycles. The van der Waals surface area contributed by atoms with E-state index in [1.54, 1.807) is 14.0 Å². The van der Waals surface area contributed by atoms with Gasteiger partial charge in [-0.25, -0.2) is 4.39 Å². The fourth-order valence-electron chi connectivity index (χ4n) is 0.204. The first-order valence-electron chi connectivity index (χ1n) is 2.12. The number of alkyl halides is 1. The molecule has 0 aliphatic heterocycles. The molecule has 0 amide bonds. The minimum Gasteiger partial charge on any atom is -0.291 e. The monoisotopic (exact) mass is 91.1 g/mol. The largest absolute Gasteiger partial charge is 0.291 e. The van der Waals surface area contributed by atoms with Crippen LogP contribution in [0.5, 0.6) is 0 Å². The van der Waals surface area contributed by atoms with Crippen LogP contribution in [-0.2, 0) is 0 Å². The number of hydrogen-bond acceptors (Lipinski definition) is 1. The van der Waals surface area contributed by atoms with Crippen LogP contribution in [0.2, 0.25) is 0 Å². The van der Waals surface area contributed by atoms with Crippen LogP contribution in [0.4, 0.5) is 4.39 Å². The Kier molecular flexibility index (Phi) is 3.04. The molecule has 1 unspecified atom stereocenters. The predicted molar refractivity (Wildman–Crippen MR) is 24.2 cm³/mol. The van der Waals surface area contributed by atoms with Crippen LogP contribution in [0.15, 0.2) is 0 Å². The van der Waals surface area contributed by atoms with Gasteiger partial charge in [0, 0.05) is 0 Å². The van der Waals surface area contributed by atoms with Crippen molar-refractivity contribution in [3.63, 3.8) is 0 Å². The lowest BCUT2D eigenvalue weighted by molar-refractivity contribution is 0.283. The van der Waals surface area contributed by atoms with Gasteiger partial charge in [0.1, 0.15) is 0 Å². The third kappa shape index (κ3) is 2.15. The Morgan fingerprint density at radius 1 is 1.83 bits per heavy atom. The molecule has 0 aromatic heterocycles. The molecular formula is C4H10FN. The summed E-state index contributed by atoms with van der Waals surface area (Å²) in [6.07, 6.45) is -0.263. The van der Waals surface area contributed by atoms with E-state index in [2.05, 4.69) is 5.32 Å². The average molecular weight is 91.1 g/mol. The SMILES string of the molecule is CCC(F)NC. The highest BCUT2D eigenvalue weighted by Crippen LogP contribution is 1.86. The zero-order chi connectivity index (χ0) is 4.99. The third-order valence-corrected chi connectivity index (χ3v) is 0.672. The molecule has 2 heteroatoms. The van der Waals surface area contributed by atoms with Gasteiger partial charge < -0.3 is 0 Å². The summed E-state index contributed by atoms with van der Waals surface area (Å²) in [4.78, 5) is 0. The van der Waals surface area contributed by atoms with Crippen molar-refractivity contribution >= 4 is 0 Å². The maximum atomic E-state index is 11.8. The normalized spacial score (nSPS) is 14.5. The third-order valence-electron chi connectivity index (χ3n) is 0.672. The van der Waals surface area contributed by atoms with Crippen LogP contribution in [-0.4, -0.2) is 13.3 Å². The lowest BCUT2D eigenvalue weighted by atomic mass is 10.5. The van der Waals surface area contributed by atoms with Gasteiger partial charge in [-0.15, -0.1) is 0 Å². The van der Waals surface area contributed by atoms with Gasteiger partial charge in [-0.3, -0.25) is 5.32 Å². The molecule has 0 aliphatic rings. The van der Waals surface area contributed by atoms with Crippen molar-refractivity contribution in [2.24, 2.45) is 0 Å². The van der Waals surface area contributed by atoms with Gasteiger partial charge in [0.25, 0.3) is 0 Å². The Hall–Kier alpha value is -0.110. The number of hydrogen-bond donors (Lipinski definition) is 1. The summed E-state index contributed by atoms with van der Waals surface area (Å²) in [6, 6.07) is 0. The Balaban J connectivity index is 2.75. The molecule has 1 atom stereocenters. The van der Waals surface area contributed by atoms with Gasteiger partial charge in [0.15, 0.2) is 6.30 Å². The lowest BCUT2D eigenvalue weighted by Crippen LogP contribution is -2.17. The maximum absolute atomic E-state index is 11.8. The van der Waals surface area contributed by atoms with Crippen molar-refractivity contribution in [1.82, 2.24) is 5.32 Å². The first-order chi connectivity index (χ1) is 2.81. The van der Waals surface area contributed by atoms with Gasteiger partial charge in [-0.2, -0.15) is 0 Å². The second kappa shape index (κ2) is 3.09. The first kappa shape index (κ1) is 5.89. The molecule has 0 saturated heterocycles. The molecule has 0 rings (SSSR count). The molecule has 38 valence electrons. The number of rotatable bonds is 2. The average Bonchev–Trinajstić information content (AvgIpc) is 1.65. The first-order valence-corrected chi connectivity index (χ1v) is 2.12. The van der Waals surface area contributed by atoms with E-state index in [-0.39, 0.29) is 0 Å². The molecule has 0 fully saturated rings. The summed E-state index contributed by atoms with van der Waals surface area (Å²) in [6.45, 7) is 1.79. The molecule has 1 N–H and O–H groups in total. The molecule has 1 nitrogen and oxygen atoms in total. The summed E-state index contributed by atoms with van der Waals surface area (Å²) >= 11 is 0. The molecule has 0 radical (unpaired) electrons. The van der Waals surface area contributed by atoms with Gasteiger partial charge in [0.2, 0.25) is 0 Å². The zero-order valence-corrected chi connectivity index (χ0v) is 4.16. The molecule has 0 aromatic rings. The predicted octanol–water partition coefficient (Wildman–Crippen LogP) is 0.911. The van der Waals surface area contributed by atoms with Crippen molar-refractivity contribution in [2.45, 2.75) is 19.6 Å². The minimum absolute atomic E-state index is 0.552. The van der Waals surface area contributed by atoms with E-state index >= 15 is 0 Å². The van der Waals surface area contributed by atoms with Gasteiger partial charge in [-0.05, 0) is 13.5 Å². The van der Waals surface area contributed by atoms with Crippen molar-refractivity contribution < 1.29 is 4.39 Å². The summed E-state index contributed by atoms with van der Waals surface area (Å²) in [5.41, 5.74) is 0. The highest BCUT2D eigenvalue weighted by atomic mass is 19.1. The van der Waals surface area contributed by atoms with Crippen LogP contribution in [0, 0.1) is 0 Å². The molecule has 0 saturated carbocycles. The summed E-state index contributed by atoms with van der Waals surface area (Å²) in [7, 11) is 1.61. The standard InChI is InChI=1S/C4H10FN/c1-3-4(5)6-2/h4,6H,3H2,1-2H3. The molecular weight excluding hydrogens is 81.0 g/mol. The highest BCUT2D eigenvalue weighted by Gasteiger charge is 1.92. The fourth-order valence-corrected chi connectivity index (χ4v) is 0.204. The second-order valence-corrected chi connectivity index (χ2v) is 1.16. The Morgan fingerprint density at radius 3 is 2.33 bits per heavy atom. The van der Waals surface area contributed by atoms with Crippen molar-refractivity contribution in [1.29, 1.82) is 0 Å². The molecule has 0 heterocycles. The van der Waals surface area contributed by atoms with E-state index in [9.17, 15) is 4.39 Å². The van der Waals surface area contributed by atoms with Crippen molar-refractivity contribution in [3.8, 4) is 0 Å². The minimum atomic E-state index is -0.815.